The molecule has 1 atom stereocenters. The van der Waals surface area contributed by atoms with Gasteiger partial charge in [-0.15, -0.1) is 0 Å². The van der Waals surface area contributed by atoms with E-state index in [2.05, 4.69) is 45.9 Å². The van der Waals surface area contributed by atoms with Crippen molar-refractivity contribution in [3.05, 3.63) is 93.7 Å². The number of rotatable bonds is 7. The molecule has 10 nitrogen and oxygen atoms in total. The Labute approximate surface area is 287 Å². The van der Waals surface area contributed by atoms with Gasteiger partial charge in [0.05, 0.1) is 0 Å². The second kappa shape index (κ2) is 13.4. The minimum Gasteiger partial charge on any atom is -0.444 e. The van der Waals surface area contributed by atoms with Crippen LogP contribution in [0.1, 0.15) is 74.3 Å². The number of nitrogens with zero attached hydrogens (tertiary/aromatic N) is 4. The monoisotopic (exact) mass is 662 g/mol. The number of aryl methyl sites for hydroxylation is 2. The lowest BCUT2D eigenvalue weighted by atomic mass is 9.98. The fourth-order valence-electron chi connectivity index (χ4n) is 6.63. The van der Waals surface area contributed by atoms with Gasteiger partial charge in [-0.3, -0.25) is 9.59 Å². The maximum absolute atomic E-state index is 14.1. The first kappa shape index (κ1) is 33.8. The molecule has 0 radical (unpaired) electrons. The van der Waals surface area contributed by atoms with Crippen LogP contribution in [-0.4, -0.2) is 63.2 Å². The molecule has 1 aliphatic rings. The summed E-state index contributed by atoms with van der Waals surface area (Å²) in [5.41, 5.74) is 4.93. The van der Waals surface area contributed by atoms with Crippen molar-refractivity contribution in [3.8, 4) is 11.1 Å². The smallest absolute Gasteiger partial charge is 0.410 e. The molecular formula is C39H46N6O4. The number of amides is 2. The first-order valence-electron chi connectivity index (χ1n) is 17.1. The van der Waals surface area contributed by atoms with E-state index in [1.807, 2.05) is 83.3 Å². The van der Waals surface area contributed by atoms with E-state index in [-0.39, 0.29) is 30.1 Å². The summed E-state index contributed by atoms with van der Waals surface area (Å²) in [5.74, 6) is 0.592. The van der Waals surface area contributed by atoms with Gasteiger partial charge in [0.2, 0.25) is 0 Å². The largest absolute Gasteiger partial charge is 0.444 e. The quantitative estimate of drug-likeness (QED) is 0.192. The van der Waals surface area contributed by atoms with Gasteiger partial charge in [0.25, 0.3) is 11.5 Å². The molecule has 2 amide bonds. The van der Waals surface area contributed by atoms with Crippen molar-refractivity contribution in [2.75, 3.05) is 31.1 Å². The maximum Gasteiger partial charge on any atom is 0.410 e. The van der Waals surface area contributed by atoms with E-state index in [0.717, 1.165) is 56.3 Å². The molecule has 1 unspecified atom stereocenters. The molecule has 1 saturated heterocycles. The van der Waals surface area contributed by atoms with Crippen molar-refractivity contribution in [1.29, 1.82) is 0 Å². The van der Waals surface area contributed by atoms with Crippen LogP contribution in [0.2, 0.25) is 0 Å². The number of ether oxygens (including phenoxy) is 1. The van der Waals surface area contributed by atoms with Crippen molar-refractivity contribution >= 4 is 39.5 Å². The summed E-state index contributed by atoms with van der Waals surface area (Å²) >= 11 is 0. The lowest BCUT2D eigenvalue weighted by Gasteiger charge is -2.36. The number of benzene rings is 2. The van der Waals surface area contributed by atoms with Crippen LogP contribution in [0.15, 0.2) is 65.7 Å². The predicted octanol–water partition coefficient (Wildman–Crippen LogP) is 7.12. The summed E-state index contributed by atoms with van der Waals surface area (Å²) in [7, 11) is 0. The standard InChI is InChI=1S/C39H46N6O4/c1-8-25(3)45-23-24(2)35-31(36(46)41-22-32-30-12-10-9-11-29(30)26(4)42-37(32)47)19-28(20-33(35)45)27-13-14-34(40-21-27)43-15-17-44(18-16-43)38(48)49-39(5,6)7/h9-14,19-21,23,25H,8,15-18,22H2,1-7H3,(H,41,46)(H,42,47). The van der Waals surface area contributed by atoms with Crippen LogP contribution in [-0.2, 0) is 11.3 Å². The highest BCUT2D eigenvalue weighted by molar-refractivity contribution is 6.09. The SMILES string of the molecule is CCC(C)n1cc(C)c2c(C(=O)NCc3c(=O)[nH]c(C)c4ccccc34)cc(-c3ccc(N4CCN(C(=O)OC(C)(C)C)CC4)nc3)cc21. The van der Waals surface area contributed by atoms with E-state index >= 15 is 0 Å². The summed E-state index contributed by atoms with van der Waals surface area (Å²) in [6, 6.07) is 16.1. The minimum absolute atomic E-state index is 0.100. The van der Waals surface area contributed by atoms with Crippen molar-refractivity contribution in [2.24, 2.45) is 0 Å². The van der Waals surface area contributed by atoms with Crippen LogP contribution >= 0.6 is 0 Å². The molecule has 5 aromatic rings. The molecule has 1 aliphatic heterocycles. The molecule has 49 heavy (non-hydrogen) atoms. The normalized spacial score (nSPS) is 14.3. The Hall–Kier alpha value is -5.12. The summed E-state index contributed by atoms with van der Waals surface area (Å²) in [6.07, 6.45) is 4.62. The van der Waals surface area contributed by atoms with E-state index in [1.165, 1.54) is 0 Å². The van der Waals surface area contributed by atoms with E-state index in [9.17, 15) is 14.4 Å². The van der Waals surface area contributed by atoms with Gasteiger partial charge in [-0.25, -0.2) is 9.78 Å². The number of fused-ring (bicyclic) bond motifs is 2. The highest BCUT2D eigenvalue weighted by Gasteiger charge is 2.27. The number of anilines is 1. The van der Waals surface area contributed by atoms with Crippen LogP contribution in [0.4, 0.5) is 10.6 Å². The number of aromatic nitrogens is 3. The van der Waals surface area contributed by atoms with Gasteiger partial charge >= 0.3 is 6.09 Å². The van der Waals surface area contributed by atoms with Gasteiger partial charge in [-0.05, 0) is 88.7 Å². The molecule has 2 aromatic carbocycles. The Morgan fingerprint density at radius 3 is 2.37 bits per heavy atom. The number of hydrogen-bond acceptors (Lipinski definition) is 6. The molecule has 256 valence electrons. The van der Waals surface area contributed by atoms with Crippen molar-refractivity contribution in [2.45, 2.75) is 73.1 Å². The third kappa shape index (κ3) is 6.90. The third-order valence-electron chi connectivity index (χ3n) is 9.43. The van der Waals surface area contributed by atoms with Crippen LogP contribution in [0.3, 0.4) is 0 Å². The summed E-state index contributed by atoms with van der Waals surface area (Å²) in [4.78, 5) is 51.2. The molecule has 0 spiro atoms. The molecule has 4 heterocycles. The number of nitrogens with one attached hydrogen (secondary N) is 2. The Kier molecular flexibility index (Phi) is 9.24. The number of carbonyl (C=O) groups excluding carboxylic acids is 2. The number of pyridine rings is 2. The average molecular weight is 663 g/mol. The van der Waals surface area contributed by atoms with Gasteiger partial charge in [-0.2, -0.15) is 0 Å². The highest BCUT2D eigenvalue weighted by Crippen LogP contribution is 2.34. The fraction of sp³-hybridized carbons (Fsp3) is 0.385. The van der Waals surface area contributed by atoms with Crippen molar-refractivity contribution in [1.82, 2.24) is 24.8 Å². The lowest BCUT2D eigenvalue weighted by molar-refractivity contribution is 0.0240. The minimum atomic E-state index is -0.529. The number of piperazine rings is 1. The van der Waals surface area contributed by atoms with Gasteiger partial charge in [0.15, 0.2) is 0 Å². The van der Waals surface area contributed by atoms with Gasteiger partial charge in [0, 0.05) is 89.8 Å². The second-order valence-electron chi connectivity index (χ2n) is 14.0. The first-order valence-corrected chi connectivity index (χ1v) is 17.1. The van der Waals surface area contributed by atoms with Crippen molar-refractivity contribution < 1.29 is 14.3 Å². The third-order valence-corrected chi connectivity index (χ3v) is 9.43. The van der Waals surface area contributed by atoms with Crippen LogP contribution < -0.4 is 15.8 Å². The molecule has 6 rings (SSSR count). The Morgan fingerprint density at radius 2 is 1.71 bits per heavy atom. The average Bonchev–Trinajstić information content (AvgIpc) is 3.42. The zero-order valence-corrected chi connectivity index (χ0v) is 29.5. The number of aromatic amines is 1. The molecule has 0 aliphatic carbocycles. The Morgan fingerprint density at radius 1 is 1.00 bits per heavy atom. The second-order valence-corrected chi connectivity index (χ2v) is 14.0. The number of hydrogen-bond donors (Lipinski definition) is 2. The zero-order valence-electron chi connectivity index (χ0n) is 29.5. The van der Waals surface area contributed by atoms with E-state index in [1.54, 1.807) is 4.90 Å². The topological polar surface area (TPSA) is 113 Å². The summed E-state index contributed by atoms with van der Waals surface area (Å²) in [5, 5.41) is 5.76. The predicted molar refractivity (Wildman–Crippen MR) is 195 cm³/mol. The first-order chi connectivity index (χ1) is 23.3. The van der Waals surface area contributed by atoms with Crippen molar-refractivity contribution in [3.63, 3.8) is 0 Å². The maximum atomic E-state index is 14.1. The number of H-pyrrole nitrogens is 1. The highest BCUT2D eigenvalue weighted by atomic mass is 16.6. The van der Waals surface area contributed by atoms with Crippen LogP contribution in [0.25, 0.3) is 32.8 Å². The van der Waals surface area contributed by atoms with Crippen LogP contribution in [0.5, 0.6) is 0 Å². The Balaban J connectivity index is 1.29. The molecule has 1 fully saturated rings. The Bertz CT molecular complexity index is 2080. The van der Waals surface area contributed by atoms with Gasteiger partial charge in [-0.1, -0.05) is 31.2 Å². The fourth-order valence-corrected chi connectivity index (χ4v) is 6.63. The van der Waals surface area contributed by atoms with E-state index in [0.29, 0.717) is 37.3 Å². The van der Waals surface area contributed by atoms with E-state index in [4.69, 9.17) is 9.72 Å². The molecule has 10 heteroatoms. The van der Waals surface area contributed by atoms with E-state index < -0.39 is 5.60 Å². The van der Waals surface area contributed by atoms with Gasteiger partial charge in [0.1, 0.15) is 11.4 Å². The molecule has 0 bridgehead atoms. The van der Waals surface area contributed by atoms with Gasteiger partial charge < -0.3 is 29.4 Å². The molecular weight excluding hydrogens is 616 g/mol. The number of carbonyl (C=O) groups is 2. The molecule has 0 saturated carbocycles. The summed E-state index contributed by atoms with van der Waals surface area (Å²) in [6.45, 7) is 16.4. The molecule has 3 aromatic heterocycles. The lowest BCUT2D eigenvalue weighted by Crippen LogP contribution is -2.50. The zero-order chi connectivity index (χ0) is 35.0. The molecule has 2 N–H and O–H groups in total. The van der Waals surface area contributed by atoms with Crippen LogP contribution in [0, 0.1) is 13.8 Å². The summed E-state index contributed by atoms with van der Waals surface area (Å²) < 4.78 is 7.79.